The van der Waals surface area contributed by atoms with Gasteiger partial charge in [0.15, 0.2) is 0 Å². The van der Waals surface area contributed by atoms with E-state index >= 15 is 0 Å². The van der Waals surface area contributed by atoms with Crippen LogP contribution in [0, 0.1) is 0 Å². The van der Waals surface area contributed by atoms with Crippen LogP contribution in [0.5, 0.6) is 0 Å². The summed E-state index contributed by atoms with van der Waals surface area (Å²) in [6, 6.07) is 15.7. The molecule has 1 aliphatic heterocycles. The summed E-state index contributed by atoms with van der Waals surface area (Å²) in [6.45, 7) is 1.98. The zero-order valence-electron chi connectivity index (χ0n) is 17.3. The third-order valence-electron chi connectivity index (χ3n) is 5.31. The quantitative estimate of drug-likeness (QED) is 0.728. The second-order valence-corrected chi connectivity index (χ2v) is 7.43. The number of halogens is 2. The molecule has 2 aromatic rings. The van der Waals surface area contributed by atoms with Crippen molar-refractivity contribution in [3.8, 4) is 0 Å². The first-order valence-corrected chi connectivity index (χ1v) is 9.63. The zero-order chi connectivity index (χ0) is 20.1. The van der Waals surface area contributed by atoms with Crippen molar-refractivity contribution in [2.45, 2.75) is 24.9 Å². The number of amides is 2. The first-order chi connectivity index (χ1) is 13.5. The SMILES string of the molecule is CN1CCCC(N(C)C(=O)c2ccc(NC(=O)C(N)c3ccccc3)cc2)C1.Cl.Cl. The minimum absolute atomic E-state index is 0. The van der Waals surface area contributed by atoms with Gasteiger partial charge in [-0.15, -0.1) is 24.8 Å². The van der Waals surface area contributed by atoms with Crippen LogP contribution in [0.4, 0.5) is 5.69 Å². The lowest BCUT2D eigenvalue weighted by Crippen LogP contribution is -2.47. The van der Waals surface area contributed by atoms with Crippen LogP contribution < -0.4 is 11.1 Å². The van der Waals surface area contributed by atoms with Gasteiger partial charge < -0.3 is 20.9 Å². The van der Waals surface area contributed by atoms with Gasteiger partial charge in [0.05, 0.1) is 0 Å². The van der Waals surface area contributed by atoms with Crippen LogP contribution in [-0.4, -0.2) is 54.8 Å². The Morgan fingerprint density at radius 2 is 1.73 bits per heavy atom. The number of benzene rings is 2. The van der Waals surface area contributed by atoms with E-state index in [4.69, 9.17) is 5.73 Å². The molecular formula is C22H30Cl2N4O2. The third kappa shape index (κ3) is 6.44. The van der Waals surface area contributed by atoms with E-state index in [9.17, 15) is 9.59 Å². The van der Waals surface area contributed by atoms with Crippen molar-refractivity contribution in [2.24, 2.45) is 5.73 Å². The van der Waals surface area contributed by atoms with Crippen molar-refractivity contribution >= 4 is 42.3 Å². The normalized spacial score (nSPS) is 17.1. The third-order valence-corrected chi connectivity index (χ3v) is 5.31. The van der Waals surface area contributed by atoms with Crippen molar-refractivity contribution in [1.29, 1.82) is 0 Å². The summed E-state index contributed by atoms with van der Waals surface area (Å²) in [5.41, 5.74) is 8.01. The number of hydrogen-bond acceptors (Lipinski definition) is 4. The summed E-state index contributed by atoms with van der Waals surface area (Å²) in [5, 5.41) is 2.81. The number of carbonyl (C=O) groups excluding carboxylic acids is 2. The number of carbonyl (C=O) groups is 2. The number of rotatable bonds is 5. The molecular weight excluding hydrogens is 423 g/mol. The Morgan fingerprint density at radius 3 is 2.33 bits per heavy atom. The van der Waals surface area contributed by atoms with Crippen molar-refractivity contribution in [3.63, 3.8) is 0 Å². The molecule has 164 valence electrons. The molecule has 1 saturated heterocycles. The van der Waals surface area contributed by atoms with Crippen LogP contribution >= 0.6 is 24.8 Å². The van der Waals surface area contributed by atoms with Gasteiger partial charge in [-0.1, -0.05) is 30.3 Å². The molecule has 1 heterocycles. The second-order valence-electron chi connectivity index (χ2n) is 7.43. The molecule has 3 N–H and O–H groups in total. The van der Waals surface area contributed by atoms with Gasteiger partial charge >= 0.3 is 0 Å². The minimum Gasteiger partial charge on any atom is -0.337 e. The van der Waals surface area contributed by atoms with Crippen LogP contribution in [0.1, 0.15) is 34.8 Å². The van der Waals surface area contributed by atoms with Crippen LogP contribution in [0.15, 0.2) is 54.6 Å². The molecule has 2 unspecified atom stereocenters. The molecule has 2 atom stereocenters. The molecule has 0 aliphatic carbocycles. The Morgan fingerprint density at radius 1 is 1.10 bits per heavy atom. The molecule has 8 heteroatoms. The molecule has 0 bridgehead atoms. The number of nitrogens with zero attached hydrogens (tertiary/aromatic N) is 2. The van der Waals surface area contributed by atoms with Crippen LogP contribution in [0.25, 0.3) is 0 Å². The molecule has 1 fully saturated rings. The standard InChI is InChI=1S/C22H28N4O2.2ClH/c1-25-14-6-9-19(15-25)26(2)22(28)17-10-12-18(13-11-17)24-21(27)20(23)16-7-4-3-5-8-16;;/h3-5,7-8,10-13,19-20H,6,9,14-15,23H2,1-2H3,(H,24,27);2*1H. The Kier molecular flexibility index (Phi) is 10.3. The van der Waals surface area contributed by atoms with E-state index in [1.54, 1.807) is 24.3 Å². The van der Waals surface area contributed by atoms with Crippen LogP contribution in [0.2, 0.25) is 0 Å². The van der Waals surface area contributed by atoms with Crippen molar-refractivity contribution in [2.75, 3.05) is 32.5 Å². The van der Waals surface area contributed by atoms with Gasteiger partial charge in [0, 0.05) is 30.9 Å². The smallest absolute Gasteiger partial charge is 0.253 e. The highest BCUT2D eigenvalue weighted by molar-refractivity contribution is 5.97. The Balaban J connectivity index is 0.00000225. The van der Waals surface area contributed by atoms with Gasteiger partial charge in [-0.3, -0.25) is 9.59 Å². The fraction of sp³-hybridized carbons (Fsp3) is 0.364. The molecule has 0 saturated carbocycles. The number of likely N-dealkylation sites (N-methyl/N-ethyl adjacent to an activating group) is 2. The van der Waals surface area contributed by atoms with Crippen LogP contribution in [-0.2, 0) is 4.79 Å². The average Bonchev–Trinajstić information content (AvgIpc) is 2.73. The van der Waals surface area contributed by atoms with E-state index in [0.717, 1.165) is 31.5 Å². The molecule has 30 heavy (non-hydrogen) atoms. The Labute approximate surface area is 190 Å². The lowest BCUT2D eigenvalue weighted by molar-refractivity contribution is -0.117. The summed E-state index contributed by atoms with van der Waals surface area (Å²) in [6.07, 6.45) is 2.13. The van der Waals surface area contributed by atoms with Gasteiger partial charge in [0.25, 0.3) is 5.91 Å². The summed E-state index contributed by atoms with van der Waals surface area (Å²) in [7, 11) is 3.95. The fourth-order valence-corrected chi connectivity index (χ4v) is 3.55. The lowest BCUT2D eigenvalue weighted by Gasteiger charge is -2.35. The summed E-state index contributed by atoms with van der Waals surface area (Å²) in [5.74, 6) is -0.285. The number of likely N-dealkylation sites (tertiary alicyclic amines) is 1. The highest BCUT2D eigenvalue weighted by Gasteiger charge is 2.25. The molecule has 3 rings (SSSR count). The predicted molar refractivity (Wildman–Crippen MR) is 126 cm³/mol. The first kappa shape index (κ1) is 25.9. The van der Waals surface area contributed by atoms with Gasteiger partial charge in [0.1, 0.15) is 6.04 Å². The monoisotopic (exact) mass is 452 g/mol. The summed E-state index contributed by atoms with van der Waals surface area (Å²) >= 11 is 0. The number of piperidine rings is 1. The van der Waals surface area contributed by atoms with E-state index in [1.807, 2.05) is 42.3 Å². The second kappa shape index (κ2) is 11.9. The van der Waals surface area contributed by atoms with Gasteiger partial charge in [-0.2, -0.15) is 0 Å². The van der Waals surface area contributed by atoms with E-state index in [2.05, 4.69) is 17.3 Å². The van der Waals surface area contributed by atoms with E-state index in [0.29, 0.717) is 11.3 Å². The van der Waals surface area contributed by atoms with E-state index < -0.39 is 6.04 Å². The largest absolute Gasteiger partial charge is 0.337 e. The van der Waals surface area contributed by atoms with Crippen LogP contribution in [0.3, 0.4) is 0 Å². The molecule has 2 amide bonds. The minimum atomic E-state index is -0.739. The maximum atomic E-state index is 12.8. The van der Waals surface area contributed by atoms with Gasteiger partial charge in [-0.25, -0.2) is 0 Å². The number of anilines is 1. The average molecular weight is 453 g/mol. The molecule has 0 aromatic heterocycles. The summed E-state index contributed by atoms with van der Waals surface area (Å²) in [4.78, 5) is 29.2. The Hall–Kier alpha value is -2.12. The number of nitrogens with one attached hydrogen (secondary N) is 1. The number of nitrogens with two attached hydrogens (primary N) is 1. The predicted octanol–water partition coefficient (Wildman–Crippen LogP) is 3.33. The van der Waals surface area contributed by atoms with Crippen molar-refractivity contribution in [3.05, 3.63) is 65.7 Å². The lowest BCUT2D eigenvalue weighted by atomic mass is 10.0. The zero-order valence-corrected chi connectivity index (χ0v) is 18.9. The molecule has 0 spiro atoms. The Bertz CT molecular complexity index is 818. The maximum Gasteiger partial charge on any atom is 0.253 e. The van der Waals surface area contributed by atoms with Gasteiger partial charge in [0.2, 0.25) is 5.91 Å². The van der Waals surface area contributed by atoms with Gasteiger partial charge in [-0.05, 0) is 56.3 Å². The molecule has 2 aromatic carbocycles. The first-order valence-electron chi connectivity index (χ1n) is 9.63. The molecule has 0 radical (unpaired) electrons. The summed E-state index contributed by atoms with van der Waals surface area (Å²) < 4.78 is 0. The van der Waals surface area contributed by atoms with E-state index in [-0.39, 0.29) is 42.7 Å². The molecule has 6 nitrogen and oxygen atoms in total. The number of hydrogen-bond donors (Lipinski definition) is 2. The topological polar surface area (TPSA) is 78.7 Å². The van der Waals surface area contributed by atoms with Crippen molar-refractivity contribution in [1.82, 2.24) is 9.80 Å². The highest BCUT2D eigenvalue weighted by atomic mass is 35.5. The van der Waals surface area contributed by atoms with Crippen molar-refractivity contribution < 1.29 is 9.59 Å². The van der Waals surface area contributed by atoms with E-state index in [1.165, 1.54) is 0 Å². The molecule has 1 aliphatic rings. The maximum absolute atomic E-state index is 12.8. The fourth-order valence-electron chi connectivity index (χ4n) is 3.55. The highest BCUT2D eigenvalue weighted by Crippen LogP contribution is 2.18.